The van der Waals surface area contributed by atoms with Crippen molar-refractivity contribution < 1.29 is 5.11 Å². The molecule has 1 aliphatic heterocycles. The van der Waals surface area contributed by atoms with Crippen molar-refractivity contribution in [3.63, 3.8) is 0 Å². The molecule has 2 atom stereocenters. The van der Waals surface area contributed by atoms with Crippen LogP contribution in [0.15, 0.2) is 0 Å². The predicted octanol–water partition coefficient (Wildman–Crippen LogP) is 0.299. The van der Waals surface area contributed by atoms with E-state index >= 15 is 0 Å². The average molecular weight is 186 g/mol. The zero-order valence-electron chi connectivity index (χ0n) is 8.79. The maximum atomic E-state index is 9.40. The Morgan fingerprint density at radius 1 is 1.62 bits per heavy atom. The molecule has 0 aliphatic carbocycles. The van der Waals surface area contributed by atoms with Crippen molar-refractivity contribution in [1.29, 1.82) is 0 Å². The molecule has 1 rings (SSSR count). The first-order valence-corrected chi connectivity index (χ1v) is 5.29. The van der Waals surface area contributed by atoms with Crippen molar-refractivity contribution in [1.82, 2.24) is 10.2 Å². The Bertz CT molecular complexity index is 139. The maximum Gasteiger partial charge on any atom is 0.0552 e. The number of hydrogen-bond acceptors (Lipinski definition) is 3. The Hall–Kier alpha value is -0.120. The molecule has 13 heavy (non-hydrogen) atoms. The fraction of sp³-hybridized carbons (Fsp3) is 1.00. The van der Waals surface area contributed by atoms with Crippen molar-refractivity contribution in [3.05, 3.63) is 0 Å². The number of nitrogens with one attached hydrogen (secondary N) is 1. The number of hydrogen-bond donors (Lipinski definition) is 2. The van der Waals surface area contributed by atoms with Gasteiger partial charge in [-0.05, 0) is 52.4 Å². The van der Waals surface area contributed by atoms with Crippen molar-refractivity contribution in [2.45, 2.75) is 25.9 Å². The Balaban J connectivity index is 2.10. The second-order valence-corrected chi connectivity index (χ2v) is 4.05. The van der Waals surface area contributed by atoms with Crippen LogP contribution in [-0.4, -0.2) is 49.3 Å². The number of aliphatic hydroxyl groups is 1. The summed E-state index contributed by atoms with van der Waals surface area (Å²) in [6.45, 7) is 6.42. The Morgan fingerprint density at radius 3 is 2.92 bits per heavy atom. The van der Waals surface area contributed by atoms with E-state index in [2.05, 4.69) is 10.2 Å². The molecule has 2 N–H and O–H groups in total. The van der Waals surface area contributed by atoms with Gasteiger partial charge in [0.05, 0.1) is 6.10 Å². The van der Waals surface area contributed by atoms with Gasteiger partial charge >= 0.3 is 0 Å². The van der Waals surface area contributed by atoms with Crippen LogP contribution < -0.4 is 5.32 Å². The summed E-state index contributed by atoms with van der Waals surface area (Å²) in [5.74, 6) is 0.509. The van der Waals surface area contributed by atoms with Crippen molar-refractivity contribution >= 4 is 0 Å². The summed E-state index contributed by atoms with van der Waals surface area (Å²) in [6.07, 6.45) is 2.24. The van der Waals surface area contributed by atoms with Gasteiger partial charge in [0.25, 0.3) is 0 Å². The second kappa shape index (κ2) is 5.58. The van der Waals surface area contributed by atoms with E-state index in [9.17, 15) is 5.11 Å². The summed E-state index contributed by atoms with van der Waals surface area (Å²) >= 11 is 0. The van der Waals surface area contributed by atoms with Crippen LogP contribution in [0.25, 0.3) is 0 Å². The third-order valence-electron chi connectivity index (χ3n) is 2.89. The van der Waals surface area contributed by atoms with E-state index in [1.165, 1.54) is 19.5 Å². The number of likely N-dealkylation sites (tertiary alicyclic amines) is 1. The molecule has 0 radical (unpaired) electrons. The van der Waals surface area contributed by atoms with E-state index in [4.69, 9.17) is 0 Å². The lowest BCUT2D eigenvalue weighted by Crippen LogP contribution is -2.26. The van der Waals surface area contributed by atoms with Crippen molar-refractivity contribution in [2.24, 2.45) is 5.92 Å². The van der Waals surface area contributed by atoms with Gasteiger partial charge in [0.15, 0.2) is 0 Å². The molecule has 1 aliphatic rings. The molecule has 0 saturated carbocycles. The zero-order valence-corrected chi connectivity index (χ0v) is 8.79. The van der Waals surface area contributed by atoms with Crippen LogP contribution in [-0.2, 0) is 0 Å². The minimum absolute atomic E-state index is 0.130. The molecule has 0 aromatic heterocycles. The van der Waals surface area contributed by atoms with E-state index in [-0.39, 0.29) is 6.10 Å². The smallest absolute Gasteiger partial charge is 0.0552 e. The molecule has 2 unspecified atom stereocenters. The fourth-order valence-corrected chi connectivity index (χ4v) is 1.94. The van der Waals surface area contributed by atoms with Crippen LogP contribution in [0, 0.1) is 5.92 Å². The highest BCUT2D eigenvalue weighted by atomic mass is 16.3. The topological polar surface area (TPSA) is 35.5 Å². The molecule has 1 saturated heterocycles. The first kappa shape index (κ1) is 11.0. The highest BCUT2D eigenvalue weighted by Crippen LogP contribution is 2.19. The van der Waals surface area contributed by atoms with Crippen molar-refractivity contribution in [3.8, 4) is 0 Å². The largest absolute Gasteiger partial charge is 0.393 e. The lowest BCUT2D eigenvalue weighted by molar-refractivity contribution is 0.127. The fourth-order valence-electron chi connectivity index (χ4n) is 1.94. The molecule has 0 bridgehead atoms. The van der Waals surface area contributed by atoms with E-state index in [0.29, 0.717) is 5.92 Å². The van der Waals surface area contributed by atoms with Crippen molar-refractivity contribution in [2.75, 3.05) is 33.2 Å². The standard InChI is InChI=1S/C10H22N2O/c1-9(13)10-4-7-12(8-10)6-3-5-11-2/h9-11,13H,3-8H2,1-2H3. The first-order chi connectivity index (χ1) is 6.24. The Labute approximate surface area is 81.1 Å². The van der Waals surface area contributed by atoms with Gasteiger partial charge in [0.1, 0.15) is 0 Å². The van der Waals surface area contributed by atoms with E-state index < -0.39 is 0 Å². The van der Waals surface area contributed by atoms with Crippen LogP contribution >= 0.6 is 0 Å². The lowest BCUT2D eigenvalue weighted by atomic mass is 10.0. The third kappa shape index (κ3) is 3.63. The molecule has 0 aromatic carbocycles. The quantitative estimate of drug-likeness (QED) is 0.606. The van der Waals surface area contributed by atoms with Gasteiger partial charge in [-0.2, -0.15) is 0 Å². The molecule has 3 heteroatoms. The summed E-state index contributed by atoms with van der Waals surface area (Å²) < 4.78 is 0. The van der Waals surface area contributed by atoms with Crippen LogP contribution in [0.1, 0.15) is 19.8 Å². The summed E-state index contributed by atoms with van der Waals surface area (Å²) in [7, 11) is 1.99. The number of aliphatic hydroxyl groups excluding tert-OH is 1. The molecule has 0 aromatic rings. The first-order valence-electron chi connectivity index (χ1n) is 5.29. The molecular formula is C10H22N2O. The Kier molecular flexibility index (Phi) is 4.70. The van der Waals surface area contributed by atoms with Crippen LogP contribution in [0.5, 0.6) is 0 Å². The summed E-state index contributed by atoms with van der Waals surface area (Å²) in [6, 6.07) is 0. The predicted molar refractivity (Wildman–Crippen MR) is 54.8 cm³/mol. The monoisotopic (exact) mass is 186 g/mol. The highest BCUT2D eigenvalue weighted by Gasteiger charge is 2.24. The lowest BCUT2D eigenvalue weighted by Gasteiger charge is -2.16. The second-order valence-electron chi connectivity index (χ2n) is 4.05. The van der Waals surface area contributed by atoms with Gasteiger partial charge in [-0.25, -0.2) is 0 Å². The van der Waals surface area contributed by atoms with Gasteiger partial charge in [0.2, 0.25) is 0 Å². The number of rotatable bonds is 5. The minimum atomic E-state index is -0.130. The van der Waals surface area contributed by atoms with Gasteiger partial charge < -0.3 is 15.3 Å². The minimum Gasteiger partial charge on any atom is -0.393 e. The van der Waals surface area contributed by atoms with Gasteiger partial charge in [-0.3, -0.25) is 0 Å². The highest BCUT2D eigenvalue weighted by molar-refractivity contribution is 4.78. The van der Waals surface area contributed by atoms with E-state index in [1.54, 1.807) is 0 Å². The molecule has 1 fully saturated rings. The van der Waals surface area contributed by atoms with Crippen LogP contribution in [0.3, 0.4) is 0 Å². The average Bonchev–Trinajstić information content (AvgIpc) is 2.53. The van der Waals surface area contributed by atoms with Gasteiger partial charge in [-0.1, -0.05) is 0 Å². The molecule has 1 heterocycles. The SMILES string of the molecule is CNCCCN1CCC(C(C)O)C1. The summed E-state index contributed by atoms with van der Waals surface area (Å²) in [5.41, 5.74) is 0. The zero-order chi connectivity index (χ0) is 9.68. The molecule has 0 amide bonds. The molecule has 0 spiro atoms. The maximum absolute atomic E-state index is 9.40. The van der Waals surface area contributed by atoms with Crippen LogP contribution in [0.4, 0.5) is 0 Å². The molecular weight excluding hydrogens is 164 g/mol. The van der Waals surface area contributed by atoms with E-state index in [0.717, 1.165) is 19.5 Å². The summed E-state index contributed by atoms with van der Waals surface area (Å²) in [4.78, 5) is 2.45. The Morgan fingerprint density at radius 2 is 2.38 bits per heavy atom. The van der Waals surface area contributed by atoms with Crippen LogP contribution in [0.2, 0.25) is 0 Å². The molecule has 3 nitrogen and oxygen atoms in total. The van der Waals surface area contributed by atoms with Gasteiger partial charge in [0, 0.05) is 6.54 Å². The van der Waals surface area contributed by atoms with Gasteiger partial charge in [-0.15, -0.1) is 0 Å². The third-order valence-corrected chi connectivity index (χ3v) is 2.89. The number of nitrogens with zero attached hydrogens (tertiary/aromatic N) is 1. The van der Waals surface area contributed by atoms with E-state index in [1.807, 2.05) is 14.0 Å². The molecule has 78 valence electrons. The normalized spacial score (nSPS) is 26.5. The summed E-state index contributed by atoms with van der Waals surface area (Å²) in [5, 5.41) is 12.6.